The van der Waals surface area contributed by atoms with Crippen molar-refractivity contribution in [3.63, 3.8) is 0 Å². The maximum atomic E-state index is 10.7. The fourth-order valence-electron chi connectivity index (χ4n) is 1.13. The first-order valence-electron chi connectivity index (χ1n) is 5.64. The highest BCUT2D eigenvalue weighted by molar-refractivity contribution is 5.72. The summed E-state index contributed by atoms with van der Waals surface area (Å²) >= 11 is 0. The normalized spacial score (nSPS) is 10.2. The summed E-state index contributed by atoms with van der Waals surface area (Å²) in [6.07, 6.45) is -0.0426. The average molecular weight is 254 g/mol. The van der Waals surface area contributed by atoms with E-state index >= 15 is 0 Å². The number of amides is 1. The minimum absolute atomic E-state index is 0.0426. The number of nitrogen functional groups attached to an aromatic ring is 1. The number of hydrogen-bond donors (Lipinski definition) is 3. The van der Waals surface area contributed by atoms with Gasteiger partial charge in [0.1, 0.15) is 0 Å². The number of nitrogens with one attached hydrogen (secondary N) is 2. The molecule has 8 nitrogen and oxygen atoms in total. The van der Waals surface area contributed by atoms with Crippen molar-refractivity contribution in [3.05, 3.63) is 0 Å². The van der Waals surface area contributed by atoms with Crippen LogP contribution in [0.3, 0.4) is 0 Å². The summed E-state index contributed by atoms with van der Waals surface area (Å²) in [5.74, 6) is 0.321. The lowest BCUT2D eigenvalue weighted by molar-refractivity contribution is -0.118. The van der Waals surface area contributed by atoms with E-state index in [1.807, 2.05) is 13.8 Å². The van der Waals surface area contributed by atoms with Crippen molar-refractivity contribution in [2.24, 2.45) is 0 Å². The molecule has 0 saturated carbocycles. The van der Waals surface area contributed by atoms with Crippen molar-refractivity contribution in [2.45, 2.75) is 26.9 Å². The lowest BCUT2D eigenvalue weighted by Crippen LogP contribution is -2.26. The number of nitrogens with two attached hydrogens (primary N) is 1. The monoisotopic (exact) mass is 254 g/mol. The zero-order valence-corrected chi connectivity index (χ0v) is 10.7. The summed E-state index contributed by atoms with van der Waals surface area (Å²) < 4.78 is 5.33. The van der Waals surface area contributed by atoms with E-state index < -0.39 is 0 Å². The van der Waals surface area contributed by atoms with E-state index in [9.17, 15) is 4.79 Å². The van der Waals surface area contributed by atoms with Gasteiger partial charge < -0.3 is 21.1 Å². The van der Waals surface area contributed by atoms with Gasteiger partial charge in [0.05, 0.1) is 6.10 Å². The molecule has 0 radical (unpaired) electrons. The second-order valence-electron chi connectivity index (χ2n) is 3.88. The quantitative estimate of drug-likeness (QED) is 0.601. The van der Waals surface area contributed by atoms with Crippen molar-refractivity contribution >= 4 is 17.8 Å². The average Bonchev–Trinajstić information content (AvgIpc) is 2.22. The summed E-state index contributed by atoms with van der Waals surface area (Å²) in [5.41, 5.74) is 5.54. The number of aromatic nitrogens is 3. The summed E-state index contributed by atoms with van der Waals surface area (Å²) in [6, 6.07) is 0.180. The van der Waals surface area contributed by atoms with E-state index in [1.54, 1.807) is 0 Å². The highest BCUT2D eigenvalue weighted by Gasteiger charge is 2.06. The predicted octanol–water partition coefficient (Wildman–Crippen LogP) is -0.211. The van der Waals surface area contributed by atoms with Crippen LogP contribution in [0.4, 0.5) is 11.9 Å². The van der Waals surface area contributed by atoms with Gasteiger partial charge in [-0.15, -0.1) is 0 Å². The summed E-state index contributed by atoms with van der Waals surface area (Å²) in [7, 11) is 0. The van der Waals surface area contributed by atoms with E-state index in [-0.39, 0.29) is 24.0 Å². The second kappa shape index (κ2) is 6.58. The van der Waals surface area contributed by atoms with Gasteiger partial charge in [-0.25, -0.2) is 0 Å². The molecule has 1 aromatic rings. The lowest BCUT2D eigenvalue weighted by atomic mass is 10.5. The molecule has 0 bridgehead atoms. The number of carbonyl (C=O) groups is 1. The van der Waals surface area contributed by atoms with Crippen LogP contribution >= 0.6 is 0 Å². The zero-order valence-electron chi connectivity index (χ0n) is 10.7. The Bertz CT molecular complexity index is 409. The maximum absolute atomic E-state index is 10.7. The van der Waals surface area contributed by atoms with Crippen molar-refractivity contribution < 1.29 is 9.53 Å². The molecule has 0 fully saturated rings. The third kappa shape index (κ3) is 5.28. The molecular weight excluding hydrogens is 236 g/mol. The topological polar surface area (TPSA) is 115 Å². The smallest absolute Gasteiger partial charge is 0.323 e. The molecule has 1 rings (SSSR count). The SMILES string of the molecule is CC(=O)NCCNc1nc(N)nc(OC(C)C)n1. The fourth-order valence-corrected chi connectivity index (χ4v) is 1.13. The molecule has 0 aromatic carbocycles. The van der Waals surface area contributed by atoms with Crippen LogP contribution in [0.15, 0.2) is 0 Å². The first-order chi connectivity index (χ1) is 8.47. The first kappa shape index (κ1) is 13.9. The van der Waals surface area contributed by atoms with Crippen LogP contribution in [0.1, 0.15) is 20.8 Å². The maximum Gasteiger partial charge on any atom is 0.323 e. The van der Waals surface area contributed by atoms with Crippen LogP contribution in [0.5, 0.6) is 6.01 Å². The highest BCUT2D eigenvalue weighted by atomic mass is 16.5. The Kier molecular flexibility index (Phi) is 5.09. The molecule has 8 heteroatoms. The third-order valence-electron chi connectivity index (χ3n) is 1.76. The van der Waals surface area contributed by atoms with Crippen LogP contribution in [0.2, 0.25) is 0 Å². The molecule has 100 valence electrons. The molecular formula is C10H18N6O2. The molecule has 1 heterocycles. The summed E-state index contributed by atoms with van der Waals surface area (Å²) in [6.45, 7) is 6.15. The van der Waals surface area contributed by atoms with Gasteiger partial charge in [-0.1, -0.05) is 0 Å². The van der Waals surface area contributed by atoms with Gasteiger partial charge in [0.25, 0.3) is 0 Å². The van der Waals surface area contributed by atoms with E-state index in [2.05, 4.69) is 25.6 Å². The Morgan fingerprint density at radius 2 is 2.06 bits per heavy atom. The number of hydrogen-bond acceptors (Lipinski definition) is 7. The standard InChI is InChI=1S/C10H18N6O2/c1-6(2)18-10-15-8(11)14-9(16-10)13-5-4-12-7(3)17/h6H,4-5H2,1-3H3,(H,12,17)(H3,11,13,14,15,16). The number of anilines is 2. The van der Waals surface area contributed by atoms with Gasteiger partial charge in [0.15, 0.2) is 0 Å². The predicted molar refractivity (Wildman–Crippen MR) is 67.2 cm³/mol. The molecule has 0 spiro atoms. The highest BCUT2D eigenvalue weighted by Crippen LogP contribution is 2.09. The Morgan fingerprint density at radius 1 is 1.33 bits per heavy atom. The number of rotatable bonds is 6. The van der Waals surface area contributed by atoms with Crippen molar-refractivity contribution in [2.75, 3.05) is 24.1 Å². The second-order valence-corrected chi connectivity index (χ2v) is 3.88. The molecule has 0 aliphatic carbocycles. The van der Waals surface area contributed by atoms with Crippen LogP contribution in [-0.2, 0) is 4.79 Å². The Morgan fingerprint density at radius 3 is 2.67 bits per heavy atom. The van der Waals surface area contributed by atoms with Crippen molar-refractivity contribution in [1.82, 2.24) is 20.3 Å². The molecule has 0 aliphatic heterocycles. The van der Waals surface area contributed by atoms with Gasteiger partial charge in [0, 0.05) is 20.0 Å². The minimum atomic E-state index is -0.0872. The fraction of sp³-hybridized carbons (Fsp3) is 0.600. The van der Waals surface area contributed by atoms with Crippen LogP contribution < -0.4 is 21.1 Å². The molecule has 4 N–H and O–H groups in total. The third-order valence-corrected chi connectivity index (χ3v) is 1.76. The van der Waals surface area contributed by atoms with Gasteiger partial charge >= 0.3 is 6.01 Å². The number of carbonyl (C=O) groups excluding carboxylic acids is 1. The van der Waals surface area contributed by atoms with E-state index in [0.717, 1.165) is 0 Å². The molecule has 0 saturated heterocycles. The number of nitrogens with zero attached hydrogens (tertiary/aromatic N) is 3. The summed E-state index contributed by atoms with van der Waals surface area (Å²) in [5, 5.41) is 5.56. The van der Waals surface area contributed by atoms with Gasteiger partial charge in [-0.2, -0.15) is 15.0 Å². The van der Waals surface area contributed by atoms with Gasteiger partial charge in [-0.05, 0) is 13.8 Å². The Balaban J connectivity index is 2.54. The molecule has 18 heavy (non-hydrogen) atoms. The van der Waals surface area contributed by atoms with Gasteiger partial charge in [0.2, 0.25) is 17.8 Å². The first-order valence-corrected chi connectivity index (χ1v) is 5.64. The van der Waals surface area contributed by atoms with E-state index in [0.29, 0.717) is 19.0 Å². The van der Waals surface area contributed by atoms with Crippen molar-refractivity contribution in [3.8, 4) is 6.01 Å². The Labute approximate surface area is 105 Å². The molecule has 0 aliphatic rings. The zero-order chi connectivity index (χ0) is 13.5. The Hall–Kier alpha value is -2.12. The van der Waals surface area contributed by atoms with Crippen LogP contribution in [-0.4, -0.2) is 40.1 Å². The number of ether oxygens (including phenoxy) is 1. The molecule has 1 amide bonds. The summed E-state index contributed by atoms with van der Waals surface area (Å²) in [4.78, 5) is 22.5. The largest absolute Gasteiger partial charge is 0.461 e. The van der Waals surface area contributed by atoms with E-state index in [4.69, 9.17) is 10.5 Å². The van der Waals surface area contributed by atoms with Crippen LogP contribution in [0.25, 0.3) is 0 Å². The molecule has 0 unspecified atom stereocenters. The lowest BCUT2D eigenvalue weighted by Gasteiger charge is -2.10. The van der Waals surface area contributed by atoms with Gasteiger partial charge in [-0.3, -0.25) is 4.79 Å². The molecule has 0 atom stereocenters. The van der Waals surface area contributed by atoms with Crippen molar-refractivity contribution in [1.29, 1.82) is 0 Å². The minimum Gasteiger partial charge on any atom is -0.461 e. The molecule has 1 aromatic heterocycles. The van der Waals surface area contributed by atoms with E-state index in [1.165, 1.54) is 6.92 Å². The van der Waals surface area contributed by atoms with Crippen LogP contribution in [0, 0.1) is 0 Å².